The van der Waals surface area contributed by atoms with Crippen LogP contribution in [0.1, 0.15) is 25.1 Å². The first-order valence-corrected chi connectivity index (χ1v) is 6.74. The minimum Gasteiger partial charge on any atom is -0.358 e. The number of carbonyl (C=O) groups is 1. The monoisotopic (exact) mass is 281 g/mol. The zero-order valence-electron chi connectivity index (χ0n) is 11.5. The van der Waals surface area contributed by atoms with Gasteiger partial charge < -0.3 is 25.3 Å². The van der Waals surface area contributed by atoms with Gasteiger partial charge in [-0.15, -0.1) is 0 Å². The summed E-state index contributed by atoms with van der Waals surface area (Å²) in [5.41, 5.74) is 0. The number of piperidine rings is 1. The van der Waals surface area contributed by atoms with E-state index in [2.05, 4.69) is 15.6 Å². The molecule has 8 nitrogen and oxygen atoms in total. The Hall–Kier alpha value is -1.96. The number of hydrogen-bond acceptors (Lipinski definition) is 5. The first-order chi connectivity index (χ1) is 9.56. The standard InChI is InChI=1S/C12H19N5O3/c1-9-14-11(17(19)20)8-16(9)6-4-12(18)15-10-3-2-5-13-7-10/h8,10,13H,2-7H2,1H3,(H,15,18)/t10-/m0/s1. The molecule has 20 heavy (non-hydrogen) atoms. The van der Waals surface area contributed by atoms with Gasteiger partial charge in [0.2, 0.25) is 11.7 Å². The second kappa shape index (κ2) is 6.47. The highest BCUT2D eigenvalue weighted by Gasteiger charge is 2.17. The van der Waals surface area contributed by atoms with E-state index in [4.69, 9.17) is 0 Å². The largest absolute Gasteiger partial charge is 0.381 e. The third-order valence-corrected chi connectivity index (χ3v) is 3.39. The van der Waals surface area contributed by atoms with Gasteiger partial charge in [-0.25, -0.2) is 0 Å². The van der Waals surface area contributed by atoms with Gasteiger partial charge in [0, 0.05) is 32.5 Å². The van der Waals surface area contributed by atoms with E-state index in [-0.39, 0.29) is 17.8 Å². The molecular weight excluding hydrogens is 262 g/mol. The van der Waals surface area contributed by atoms with Gasteiger partial charge in [-0.3, -0.25) is 4.79 Å². The summed E-state index contributed by atoms with van der Waals surface area (Å²) in [7, 11) is 0. The summed E-state index contributed by atoms with van der Waals surface area (Å²) in [4.78, 5) is 25.7. The molecule has 1 atom stereocenters. The Morgan fingerprint density at radius 3 is 3.10 bits per heavy atom. The predicted octanol–water partition coefficient (Wildman–Crippen LogP) is 0.358. The van der Waals surface area contributed by atoms with Crippen LogP contribution in [0.3, 0.4) is 0 Å². The number of imidazole rings is 1. The lowest BCUT2D eigenvalue weighted by atomic mass is 10.1. The lowest BCUT2D eigenvalue weighted by Gasteiger charge is -2.23. The fourth-order valence-electron chi connectivity index (χ4n) is 2.30. The molecule has 0 spiro atoms. The Kier molecular flexibility index (Phi) is 4.67. The summed E-state index contributed by atoms with van der Waals surface area (Å²) in [5.74, 6) is 0.331. The van der Waals surface area contributed by atoms with E-state index in [1.165, 1.54) is 6.20 Å². The van der Waals surface area contributed by atoms with Crippen molar-refractivity contribution < 1.29 is 9.72 Å². The fraction of sp³-hybridized carbons (Fsp3) is 0.667. The van der Waals surface area contributed by atoms with Crippen molar-refractivity contribution in [1.82, 2.24) is 20.2 Å². The van der Waals surface area contributed by atoms with E-state index in [9.17, 15) is 14.9 Å². The zero-order chi connectivity index (χ0) is 14.5. The Bertz CT molecular complexity index is 493. The maximum atomic E-state index is 11.8. The number of nitrogens with zero attached hydrogens (tertiary/aromatic N) is 3. The van der Waals surface area contributed by atoms with E-state index in [1.54, 1.807) is 11.5 Å². The summed E-state index contributed by atoms with van der Waals surface area (Å²) in [6.07, 6.45) is 3.72. The van der Waals surface area contributed by atoms with Crippen molar-refractivity contribution in [2.45, 2.75) is 38.8 Å². The highest BCUT2D eigenvalue weighted by atomic mass is 16.6. The molecule has 1 amide bonds. The van der Waals surface area contributed by atoms with Crippen LogP contribution in [0.2, 0.25) is 0 Å². The van der Waals surface area contributed by atoms with Gasteiger partial charge in [-0.05, 0) is 29.3 Å². The molecular formula is C12H19N5O3. The lowest BCUT2D eigenvalue weighted by molar-refractivity contribution is -0.389. The van der Waals surface area contributed by atoms with Crippen molar-refractivity contribution in [2.24, 2.45) is 0 Å². The topological polar surface area (TPSA) is 102 Å². The highest BCUT2D eigenvalue weighted by molar-refractivity contribution is 5.76. The zero-order valence-corrected chi connectivity index (χ0v) is 11.5. The van der Waals surface area contributed by atoms with Crippen LogP contribution < -0.4 is 10.6 Å². The smallest absolute Gasteiger partial charge is 0.358 e. The van der Waals surface area contributed by atoms with Crippen LogP contribution in [0.25, 0.3) is 0 Å². The molecule has 8 heteroatoms. The van der Waals surface area contributed by atoms with Crippen molar-refractivity contribution >= 4 is 11.7 Å². The fourth-order valence-corrected chi connectivity index (χ4v) is 2.30. The van der Waals surface area contributed by atoms with Gasteiger partial charge in [0.25, 0.3) is 0 Å². The van der Waals surface area contributed by atoms with Gasteiger partial charge in [0.1, 0.15) is 6.20 Å². The maximum absolute atomic E-state index is 11.8. The molecule has 0 aromatic carbocycles. The second-order valence-electron chi connectivity index (χ2n) is 4.96. The van der Waals surface area contributed by atoms with E-state index in [0.29, 0.717) is 18.8 Å². The summed E-state index contributed by atoms with van der Waals surface area (Å²) in [6.45, 7) is 3.90. The molecule has 2 heterocycles. The van der Waals surface area contributed by atoms with Gasteiger partial charge in [0.05, 0.1) is 0 Å². The van der Waals surface area contributed by atoms with Gasteiger partial charge in [-0.2, -0.15) is 0 Å². The molecule has 0 bridgehead atoms. The molecule has 2 rings (SSSR count). The van der Waals surface area contributed by atoms with Crippen molar-refractivity contribution in [1.29, 1.82) is 0 Å². The van der Waals surface area contributed by atoms with E-state index >= 15 is 0 Å². The van der Waals surface area contributed by atoms with Crippen LogP contribution in [0, 0.1) is 17.0 Å². The normalized spacial score (nSPS) is 18.8. The second-order valence-corrected chi connectivity index (χ2v) is 4.96. The van der Waals surface area contributed by atoms with E-state index < -0.39 is 4.92 Å². The Balaban J connectivity index is 1.82. The van der Waals surface area contributed by atoms with Crippen LogP contribution >= 0.6 is 0 Å². The van der Waals surface area contributed by atoms with Crippen molar-refractivity contribution in [3.8, 4) is 0 Å². The summed E-state index contributed by atoms with van der Waals surface area (Å²) < 4.78 is 1.64. The molecule has 1 aliphatic heterocycles. The molecule has 1 aromatic rings. The van der Waals surface area contributed by atoms with E-state index in [1.807, 2.05) is 0 Å². The third kappa shape index (κ3) is 3.77. The number of carbonyl (C=O) groups excluding carboxylic acids is 1. The molecule has 1 aromatic heterocycles. The average Bonchev–Trinajstić information content (AvgIpc) is 2.79. The maximum Gasteiger partial charge on any atom is 0.381 e. The first kappa shape index (κ1) is 14.4. The molecule has 1 fully saturated rings. The van der Waals surface area contributed by atoms with Crippen LogP contribution in [0.15, 0.2) is 6.20 Å². The number of rotatable bonds is 5. The molecule has 0 unspecified atom stereocenters. The Labute approximate surface area is 116 Å². The Morgan fingerprint density at radius 2 is 2.50 bits per heavy atom. The van der Waals surface area contributed by atoms with Crippen LogP contribution in [-0.4, -0.2) is 39.5 Å². The molecule has 0 aliphatic carbocycles. The summed E-state index contributed by atoms with van der Waals surface area (Å²) >= 11 is 0. The minimum atomic E-state index is -0.530. The summed E-state index contributed by atoms with van der Waals surface area (Å²) in [5, 5.41) is 16.8. The van der Waals surface area contributed by atoms with Crippen molar-refractivity contribution in [3.63, 3.8) is 0 Å². The van der Waals surface area contributed by atoms with Gasteiger partial charge in [0.15, 0.2) is 0 Å². The molecule has 2 N–H and O–H groups in total. The van der Waals surface area contributed by atoms with Crippen LogP contribution in [-0.2, 0) is 11.3 Å². The van der Waals surface area contributed by atoms with Crippen molar-refractivity contribution in [3.05, 3.63) is 22.1 Å². The molecule has 1 saturated heterocycles. The number of nitro groups is 1. The molecule has 110 valence electrons. The number of hydrogen-bond donors (Lipinski definition) is 2. The van der Waals surface area contributed by atoms with E-state index in [0.717, 1.165) is 25.9 Å². The molecule has 0 radical (unpaired) electrons. The van der Waals surface area contributed by atoms with Crippen molar-refractivity contribution in [2.75, 3.05) is 13.1 Å². The SMILES string of the molecule is Cc1nc([N+](=O)[O-])cn1CCC(=O)N[C@H]1CCCNC1. The quantitative estimate of drug-likeness (QED) is 0.599. The number of aromatic nitrogens is 2. The number of nitrogens with one attached hydrogen (secondary N) is 2. The molecule has 1 aliphatic rings. The first-order valence-electron chi connectivity index (χ1n) is 6.74. The number of aryl methyl sites for hydroxylation is 2. The molecule has 0 saturated carbocycles. The Morgan fingerprint density at radius 1 is 1.70 bits per heavy atom. The van der Waals surface area contributed by atoms with Gasteiger partial charge >= 0.3 is 5.82 Å². The summed E-state index contributed by atoms with van der Waals surface area (Å²) in [6, 6.07) is 0.189. The van der Waals surface area contributed by atoms with Gasteiger partial charge in [-0.1, -0.05) is 0 Å². The third-order valence-electron chi connectivity index (χ3n) is 3.39. The van der Waals surface area contributed by atoms with Crippen LogP contribution in [0.5, 0.6) is 0 Å². The highest BCUT2D eigenvalue weighted by Crippen LogP contribution is 2.11. The number of amides is 1. The predicted molar refractivity (Wildman–Crippen MR) is 72.3 cm³/mol. The lowest BCUT2D eigenvalue weighted by Crippen LogP contribution is -2.45. The minimum absolute atomic E-state index is 0.0329. The van der Waals surface area contributed by atoms with Crippen LogP contribution in [0.4, 0.5) is 5.82 Å². The average molecular weight is 281 g/mol.